The largest absolute Gasteiger partial charge is 0.481 e. The molecule has 0 aliphatic rings. The van der Waals surface area contributed by atoms with E-state index in [1.165, 1.54) is 11.8 Å². The van der Waals surface area contributed by atoms with Gasteiger partial charge in [0.15, 0.2) is 0 Å². The molecule has 1 unspecified atom stereocenters. The highest BCUT2D eigenvalue weighted by atomic mass is 32.2. The molecule has 0 aromatic rings. The standard InChI is InChI=1S/C9H17NO3S/c1-6(2)10-9(13)7(3)14-5-4-8(11)12/h6-7H,4-5H2,1-3H3,(H,10,13)(H,11,12). The lowest BCUT2D eigenvalue weighted by atomic mass is 10.3. The van der Waals surface area contributed by atoms with Crippen molar-refractivity contribution in [2.45, 2.75) is 38.5 Å². The minimum absolute atomic E-state index is 0.0320. The molecule has 14 heavy (non-hydrogen) atoms. The predicted octanol–water partition coefficient (Wildman–Crippen LogP) is 1.11. The van der Waals surface area contributed by atoms with Gasteiger partial charge in [0.25, 0.3) is 0 Å². The van der Waals surface area contributed by atoms with Crippen molar-refractivity contribution in [3.8, 4) is 0 Å². The summed E-state index contributed by atoms with van der Waals surface area (Å²) in [5.41, 5.74) is 0. The average Bonchev–Trinajstić information content (AvgIpc) is 2.01. The van der Waals surface area contributed by atoms with E-state index in [1.54, 1.807) is 6.92 Å². The van der Waals surface area contributed by atoms with Gasteiger partial charge in [-0.15, -0.1) is 11.8 Å². The van der Waals surface area contributed by atoms with Gasteiger partial charge in [0.2, 0.25) is 5.91 Å². The van der Waals surface area contributed by atoms with Crippen LogP contribution in [-0.2, 0) is 9.59 Å². The van der Waals surface area contributed by atoms with E-state index in [1.807, 2.05) is 13.8 Å². The van der Waals surface area contributed by atoms with Crippen molar-refractivity contribution in [1.29, 1.82) is 0 Å². The van der Waals surface area contributed by atoms with Gasteiger partial charge in [0.1, 0.15) is 0 Å². The fourth-order valence-electron chi connectivity index (χ4n) is 0.801. The molecular formula is C9H17NO3S. The second kappa shape index (κ2) is 6.70. The molecule has 0 aromatic carbocycles. The number of carboxylic acid groups (broad SMARTS) is 1. The molecule has 0 aliphatic heterocycles. The van der Waals surface area contributed by atoms with E-state index >= 15 is 0 Å². The third-order valence-electron chi connectivity index (χ3n) is 1.48. The fraction of sp³-hybridized carbons (Fsp3) is 0.778. The molecule has 0 aliphatic carbocycles. The highest BCUT2D eigenvalue weighted by Gasteiger charge is 2.13. The van der Waals surface area contributed by atoms with Crippen molar-refractivity contribution in [2.24, 2.45) is 0 Å². The van der Waals surface area contributed by atoms with Crippen molar-refractivity contribution in [1.82, 2.24) is 5.32 Å². The molecule has 0 heterocycles. The summed E-state index contributed by atoms with van der Waals surface area (Å²) in [6, 6.07) is 0.130. The SMILES string of the molecule is CC(C)NC(=O)C(C)SCCC(=O)O. The third kappa shape index (κ3) is 6.77. The number of hydrogen-bond donors (Lipinski definition) is 2. The molecule has 0 bridgehead atoms. The number of carbonyl (C=O) groups is 2. The zero-order valence-electron chi connectivity index (χ0n) is 8.74. The second-order valence-corrected chi connectivity index (χ2v) is 4.77. The zero-order valence-corrected chi connectivity index (χ0v) is 9.56. The zero-order chi connectivity index (χ0) is 11.1. The summed E-state index contributed by atoms with van der Waals surface area (Å²) in [7, 11) is 0. The van der Waals surface area contributed by atoms with Gasteiger partial charge in [0.05, 0.1) is 11.7 Å². The van der Waals surface area contributed by atoms with Gasteiger partial charge in [0, 0.05) is 11.8 Å². The number of carbonyl (C=O) groups excluding carboxylic acids is 1. The lowest BCUT2D eigenvalue weighted by molar-refractivity contribution is -0.136. The summed E-state index contributed by atoms with van der Waals surface area (Å²) in [5.74, 6) is -0.383. The van der Waals surface area contributed by atoms with Crippen LogP contribution in [0, 0.1) is 0 Å². The summed E-state index contributed by atoms with van der Waals surface area (Å²) in [6.07, 6.45) is 0.101. The minimum atomic E-state index is -0.825. The van der Waals surface area contributed by atoms with Gasteiger partial charge in [-0.1, -0.05) is 0 Å². The van der Waals surface area contributed by atoms with Crippen molar-refractivity contribution >= 4 is 23.6 Å². The molecule has 82 valence electrons. The van der Waals surface area contributed by atoms with E-state index in [0.717, 1.165) is 0 Å². The molecule has 0 radical (unpaired) electrons. The minimum Gasteiger partial charge on any atom is -0.481 e. The molecule has 0 saturated heterocycles. The normalized spacial score (nSPS) is 12.6. The van der Waals surface area contributed by atoms with E-state index in [9.17, 15) is 9.59 Å². The van der Waals surface area contributed by atoms with Crippen molar-refractivity contribution in [3.63, 3.8) is 0 Å². The summed E-state index contributed by atoms with van der Waals surface area (Å²) < 4.78 is 0. The van der Waals surface area contributed by atoms with E-state index in [-0.39, 0.29) is 23.6 Å². The van der Waals surface area contributed by atoms with E-state index in [0.29, 0.717) is 5.75 Å². The second-order valence-electron chi connectivity index (χ2n) is 3.32. The first-order valence-electron chi connectivity index (χ1n) is 4.57. The maximum absolute atomic E-state index is 11.3. The molecule has 0 aromatic heterocycles. The van der Waals surface area contributed by atoms with Crippen LogP contribution in [0.25, 0.3) is 0 Å². The van der Waals surface area contributed by atoms with Gasteiger partial charge in [-0.05, 0) is 20.8 Å². The van der Waals surface area contributed by atoms with Gasteiger partial charge in [-0.2, -0.15) is 0 Å². The monoisotopic (exact) mass is 219 g/mol. The van der Waals surface area contributed by atoms with Crippen molar-refractivity contribution in [2.75, 3.05) is 5.75 Å². The van der Waals surface area contributed by atoms with Gasteiger partial charge in [-0.3, -0.25) is 9.59 Å². The summed E-state index contributed by atoms with van der Waals surface area (Å²) in [5, 5.41) is 11.0. The Morgan fingerprint density at radius 2 is 1.93 bits per heavy atom. The Morgan fingerprint density at radius 1 is 1.36 bits per heavy atom. The Labute approximate surface area is 88.4 Å². The smallest absolute Gasteiger partial charge is 0.304 e. The lowest BCUT2D eigenvalue weighted by Gasteiger charge is -2.13. The molecule has 0 fully saturated rings. The molecular weight excluding hydrogens is 202 g/mol. The van der Waals surface area contributed by atoms with E-state index in [4.69, 9.17) is 5.11 Å². The number of carboxylic acids is 1. The van der Waals surface area contributed by atoms with Gasteiger partial charge < -0.3 is 10.4 Å². The number of amides is 1. The predicted molar refractivity (Wildman–Crippen MR) is 57.5 cm³/mol. The van der Waals surface area contributed by atoms with Crippen LogP contribution in [0.4, 0.5) is 0 Å². The lowest BCUT2D eigenvalue weighted by Crippen LogP contribution is -2.36. The summed E-state index contributed by atoms with van der Waals surface area (Å²) >= 11 is 1.36. The number of hydrogen-bond acceptors (Lipinski definition) is 3. The Bertz CT molecular complexity index is 206. The quantitative estimate of drug-likeness (QED) is 0.702. The highest BCUT2D eigenvalue weighted by Crippen LogP contribution is 2.11. The van der Waals surface area contributed by atoms with Crippen LogP contribution in [-0.4, -0.2) is 34.0 Å². The maximum atomic E-state index is 11.3. The average molecular weight is 219 g/mol. The van der Waals surface area contributed by atoms with Crippen LogP contribution in [0.3, 0.4) is 0 Å². The van der Waals surface area contributed by atoms with E-state index in [2.05, 4.69) is 5.32 Å². The summed E-state index contributed by atoms with van der Waals surface area (Å²) in [6.45, 7) is 5.57. The van der Waals surface area contributed by atoms with Crippen molar-refractivity contribution in [3.05, 3.63) is 0 Å². The Morgan fingerprint density at radius 3 is 2.36 bits per heavy atom. The molecule has 0 saturated carbocycles. The number of aliphatic carboxylic acids is 1. The summed E-state index contributed by atoms with van der Waals surface area (Å²) in [4.78, 5) is 21.6. The molecule has 1 amide bonds. The first-order valence-corrected chi connectivity index (χ1v) is 5.62. The molecule has 4 nitrogen and oxygen atoms in total. The van der Waals surface area contributed by atoms with E-state index < -0.39 is 5.97 Å². The van der Waals surface area contributed by atoms with Crippen LogP contribution in [0.2, 0.25) is 0 Å². The highest BCUT2D eigenvalue weighted by molar-refractivity contribution is 8.00. The Balaban J connectivity index is 3.67. The third-order valence-corrected chi connectivity index (χ3v) is 2.64. The molecule has 0 spiro atoms. The number of rotatable bonds is 6. The van der Waals surface area contributed by atoms with Gasteiger partial charge >= 0.3 is 5.97 Å². The first kappa shape index (κ1) is 13.3. The topological polar surface area (TPSA) is 66.4 Å². The molecule has 1 atom stereocenters. The first-order chi connectivity index (χ1) is 6.43. The van der Waals surface area contributed by atoms with Gasteiger partial charge in [-0.25, -0.2) is 0 Å². The van der Waals surface area contributed by atoms with Crippen LogP contribution >= 0.6 is 11.8 Å². The van der Waals surface area contributed by atoms with Crippen LogP contribution in [0.15, 0.2) is 0 Å². The molecule has 0 rings (SSSR count). The maximum Gasteiger partial charge on any atom is 0.304 e. The molecule has 2 N–H and O–H groups in total. The van der Waals surface area contributed by atoms with Crippen LogP contribution < -0.4 is 5.32 Å². The van der Waals surface area contributed by atoms with Crippen molar-refractivity contribution < 1.29 is 14.7 Å². The Hall–Kier alpha value is -0.710. The van der Waals surface area contributed by atoms with Crippen LogP contribution in [0.5, 0.6) is 0 Å². The fourth-order valence-corrected chi connectivity index (χ4v) is 1.67. The number of nitrogens with one attached hydrogen (secondary N) is 1. The Kier molecular flexibility index (Phi) is 6.36. The molecule has 5 heteroatoms. The van der Waals surface area contributed by atoms with Crippen LogP contribution in [0.1, 0.15) is 27.2 Å². The number of thioether (sulfide) groups is 1.